The van der Waals surface area contributed by atoms with Gasteiger partial charge in [0.25, 0.3) is 5.91 Å². The molecule has 0 radical (unpaired) electrons. The van der Waals surface area contributed by atoms with Crippen molar-refractivity contribution in [3.63, 3.8) is 0 Å². The zero-order valence-corrected chi connectivity index (χ0v) is 13.2. The van der Waals surface area contributed by atoms with Gasteiger partial charge >= 0.3 is 0 Å². The van der Waals surface area contributed by atoms with E-state index in [9.17, 15) is 4.79 Å². The largest absolute Gasteiger partial charge is 0.366 e. The van der Waals surface area contributed by atoms with E-state index in [1.54, 1.807) is 6.07 Å². The van der Waals surface area contributed by atoms with E-state index in [2.05, 4.69) is 27.4 Å². The molecule has 1 saturated heterocycles. The van der Waals surface area contributed by atoms with Gasteiger partial charge in [0.2, 0.25) is 0 Å². The van der Waals surface area contributed by atoms with E-state index < -0.39 is 0 Å². The molecule has 1 aromatic carbocycles. The van der Waals surface area contributed by atoms with Crippen molar-refractivity contribution < 1.29 is 4.79 Å². The molecule has 5 nitrogen and oxygen atoms in total. The molecule has 2 heterocycles. The number of amides is 1. The van der Waals surface area contributed by atoms with Crippen LogP contribution in [-0.2, 0) is 6.54 Å². The number of aromatic nitrogens is 2. The van der Waals surface area contributed by atoms with Crippen LogP contribution in [0.15, 0.2) is 42.7 Å². The summed E-state index contributed by atoms with van der Waals surface area (Å²) < 4.78 is 0. The summed E-state index contributed by atoms with van der Waals surface area (Å²) in [5, 5.41) is 3.25. The van der Waals surface area contributed by atoms with Gasteiger partial charge in [0, 0.05) is 25.7 Å². The predicted octanol–water partition coefficient (Wildman–Crippen LogP) is 3.10. The first-order valence-corrected chi connectivity index (χ1v) is 8.22. The second-order valence-electron chi connectivity index (χ2n) is 5.83. The van der Waals surface area contributed by atoms with E-state index in [0.29, 0.717) is 18.1 Å². The van der Waals surface area contributed by atoms with Crippen LogP contribution in [0.1, 0.15) is 41.7 Å². The van der Waals surface area contributed by atoms with Crippen molar-refractivity contribution in [2.45, 2.75) is 32.2 Å². The molecule has 23 heavy (non-hydrogen) atoms. The molecule has 0 atom stereocenters. The first-order chi connectivity index (χ1) is 11.3. The highest BCUT2D eigenvalue weighted by Crippen LogP contribution is 2.14. The van der Waals surface area contributed by atoms with E-state index >= 15 is 0 Å². The molecule has 0 saturated carbocycles. The maximum atomic E-state index is 12.6. The fraction of sp³-hybridized carbons (Fsp3) is 0.389. The zero-order valence-electron chi connectivity index (χ0n) is 13.2. The number of anilines is 1. The second kappa shape index (κ2) is 7.72. The standard InChI is InChI=1S/C18H22N4O/c23-18(22-10-6-1-2-7-11-22)16-12-17(21-14-20-16)19-13-15-8-4-3-5-9-15/h3-5,8-9,12,14H,1-2,6-7,10-11,13H2,(H,19,20,21). The summed E-state index contributed by atoms with van der Waals surface area (Å²) in [5.41, 5.74) is 1.64. The first kappa shape index (κ1) is 15.5. The van der Waals surface area contributed by atoms with Crippen LogP contribution in [0.25, 0.3) is 0 Å². The van der Waals surface area contributed by atoms with Crippen molar-refractivity contribution in [3.05, 3.63) is 54.0 Å². The molecule has 1 aromatic heterocycles. The van der Waals surface area contributed by atoms with Crippen LogP contribution in [0.5, 0.6) is 0 Å². The molecule has 1 fully saturated rings. The molecule has 5 heteroatoms. The Morgan fingerprint density at radius 3 is 2.52 bits per heavy atom. The minimum Gasteiger partial charge on any atom is -0.366 e. The number of benzene rings is 1. The Balaban J connectivity index is 1.65. The summed E-state index contributed by atoms with van der Waals surface area (Å²) in [4.78, 5) is 22.9. The maximum absolute atomic E-state index is 12.6. The maximum Gasteiger partial charge on any atom is 0.272 e. The van der Waals surface area contributed by atoms with Gasteiger partial charge in [-0.3, -0.25) is 4.79 Å². The van der Waals surface area contributed by atoms with E-state index in [4.69, 9.17) is 0 Å². The van der Waals surface area contributed by atoms with Crippen LogP contribution < -0.4 is 5.32 Å². The lowest BCUT2D eigenvalue weighted by Gasteiger charge is -2.19. The lowest BCUT2D eigenvalue weighted by Crippen LogP contribution is -2.32. The average molecular weight is 310 g/mol. The summed E-state index contributed by atoms with van der Waals surface area (Å²) in [5.74, 6) is 0.694. The number of carbonyl (C=O) groups is 1. The second-order valence-corrected chi connectivity index (χ2v) is 5.83. The summed E-state index contributed by atoms with van der Waals surface area (Å²) in [6.45, 7) is 2.33. The average Bonchev–Trinajstić information content (AvgIpc) is 2.90. The van der Waals surface area contributed by atoms with Crippen LogP contribution >= 0.6 is 0 Å². The first-order valence-electron chi connectivity index (χ1n) is 8.22. The molecule has 120 valence electrons. The molecule has 0 spiro atoms. The van der Waals surface area contributed by atoms with Crippen molar-refractivity contribution in [1.29, 1.82) is 0 Å². The molecule has 0 aliphatic carbocycles. The number of rotatable bonds is 4. The van der Waals surface area contributed by atoms with Crippen LogP contribution in [0, 0.1) is 0 Å². The van der Waals surface area contributed by atoms with Crippen molar-refractivity contribution in [2.75, 3.05) is 18.4 Å². The summed E-state index contributed by atoms with van der Waals surface area (Å²) in [7, 11) is 0. The number of hydrogen-bond donors (Lipinski definition) is 1. The monoisotopic (exact) mass is 310 g/mol. The van der Waals surface area contributed by atoms with Gasteiger partial charge in [0.15, 0.2) is 0 Å². The summed E-state index contributed by atoms with van der Waals surface area (Å²) in [6.07, 6.45) is 6.03. The third-order valence-electron chi connectivity index (χ3n) is 4.10. The van der Waals surface area contributed by atoms with Crippen LogP contribution in [0.4, 0.5) is 5.82 Å². The predicted molar refractivity (Wildman–Crippen MR) is 90.2 cm³/mol. The molecule has 1 aliphatic heterocycles. The van der Waals surface area contributed by atoms with Crippen LogP contribution in [-0.4, -0.2) is 33.9 Å². The molecule has 1 aliphatic rings. The zero-order chi connectivity index (χ0) is 15.9. The molecule has 1 amide bonds. The number of nitrogens with zero attached hydrogens (tertiary/aromatic N) is 3. The van der Waals surface area contributed by atoms with Gasteiger partial charge < -0.3 is 10.2 Å². The Hall–Kier alpha value is -2.43. The lowest BCUT2D eigenvalue weighted by atomic mass is 10.2. The third kappa shape index (κ3) is 4.28. The van der Waals surface area contributed by atoms with Gasteiger partial charge in [-0.2, -0.15) is 0 Å². The van der Waals surface area contributed by atoms with E-state index in [0.717, 1.165) is 25.9 Å². The van der Waals surface area contributed by atoms with Gasteiger partial charge in [-0.15, -0.1) is 0 Å². The van der Waals surface area contributed by atoms with Gasteiger partial charge in [-0.1, -0.05) is 43.2 Å². The molecular formula is C18H22N4O. The number of likely N-dealkylation sites (tertiary alicyclic amines) is 1. The normalized spacial score (nSPS) is 15.0. The van der Waals surface area contributed by atoms with E-state index in [1.807, 2.05) is 23.1 Å². The van der Waals surface area contributed by atoms with Crippen LogP contribution in [0.3, 0.4) is 0 Å². The molecule has 1 N–H and O–H groups in total. The topological polar surface area (TPSA) is 58.1 Å². The number of carbonyl (C=O) groups excluding carboxylic acids is 1. The fourth-order valence-electron chi connectivity index (χ4n) is 2.80. The molecule has 2 aromatic rings. The molecule has 0 unspecified atom stereocenters. The van der Waals surface area contributed by atoms with Gasteiger partial charge in [0.05, 0.1) is 0 Å². The summed E-state index contributed by atoms with van der Waals surface area (Å²) >= 11 is 0. The molecular weight excluding hydrogens is 288 g/mol. The van der Waals surface area contributed by atoms with Crippen molar-refractivity contribution in [1.82, 2.24) is 14.9 Å². The molecule has 0 bridgehead atoms. The smallest absolute Gasteiger partial charge is 0.272 e. The Kier molecular flexibility index (Phi) is 5.19. The van der Waals surface area contributed by atoms with Crippen molar-refractivity contribution in [3.8, 4) is 0 Å². The van der Waals surface area contributed by atoms with E-state index in [1.165, 1.54) is 24.7 Å². The highest BCUT2D eigenvalue weighted by molar-refractivity contribution is 5.92. The fourth-order valence-corrected chi connectivity index (χ4v) is 2.80. The highest BCUT2D eigenvalue weighted by Gasteiger charge is 2.18. The Morgan fingerprint density at radius 2 is 1.78 bits per heavy atom. The number of nitrogens with one attached hydrogen (secondary N) is 1. The van der Waals surface area contributed by atoms with E-state index in [-0.39, 0.29) is 5.91 Å². The Morgan fingerprint density at radius 1 is 1.04 bits per heavy atom. The third-order valence-corrected chi connectivity index (χ3v) is 4.10. The van der Waals surface area contributed by atoms with Crippen LogP contribution in [0.2, 0.25) is 0 Å². The summed E-state index contributed by atoms with van der Waals surface area (Å²) in [6, 6.07) is 11.9. The molecule has 3 rings (SSSR count). The van der Waals surface area contributed by atoms with Gasteiger partial charge in [-0.25, -0.2) is 9.97 Å². The quantitative estimate of drug-likeness (QED) is 0.942. The van der Waals surface area contributed by atoms with Gasteiger partial charge in [0.1, 0.15) is 17.8 Å². The Bertz CT molecular complexity index is 636. The van der Waals surface area contributed by atoms with Crippen molar-refractivity contribution in [2.24, 2.45) is 0 Å². The highest BCUT2D eigenvalue weighted by atomic mass is 16.2. The van der Waals surface area contributed by atoms with Gasteiger partial charge in [-0.05, 0) is 18.4 Å². The SMILES string of the molecule is O=C(c1cc(NCc2ccccc2)ncn1)N1CCCCCC1. The Labute approximate surface area is 136 Å². The minimum atomic E-state index is 0.0112. The minimum absolute atomic E-state index is 0.0112. The lowest BCUT2D eigenvalue weighted by molar-refractivity contribution is 0.0755. The van der Waals surface area contributed by atoms with Crippen molar-refractivity contribution >= 4 is 11.7 Å². The number of hydrogen-bond acceptors (Lipinski definition) is 4.